The van der Waals surface area contributed by atoms with Gasteiger partial charge in [-0.3, -0.25) is 10.1 Å². The molecule has 0 radical (unpaired) electrons. The molecule has 5 N–H and O–H groups in total. The first-order valence-corrected chi connectivity index (χ1v) is 4.01. The molecule has 0 fully saturated rings. The lowest BCUT2D eigenvalue weighted by atomic mass is 10.1. The van der Waals surface area contributed by atoms with Crippen LogP contribution in [0.3, 0.4) is 0 Å². The molecule has 0 atom stereocenters. The molecule has 0 aliphatic carbocycles. The Bertz CT molecular complexity index is 460. The number of benzene rings is 1. The molecule has 0 saturated heterocycles. The number of hydrogen-bond acceptors (Lipinski definition) is 3. The van der Waals surface area contributed by atoms with E-state index in [4.69, 9.17) is 17.9 Å². The van der Waals surface area contributed by atoms with Crippen LogP contribution in [0.4, 0.5) is 10.5 Å². The predicted octanol–water partition coefficient (Wildman–Crippen LogP) is 0.0586. The number of anilines is 1. The molecule has 76 valence electrons. The highest BCUT2D eigenvalue weighted by molar-refractivity contribution is 6.04. The quantitative estimate of drug-likeness (QED) is 0.444. The van der Waals surface area contributed by atoms with Gasteiger partial charge in [0.05, 0.1) is 0 Å². The van der Waals surface area contributed by atoms with Crippen molar-refractivity contribution in [3.8, 4) is 12.3 Å². The maximum absolute atomic E-state index is 11.3. The van der Waals surface area contributed by atoms with E-state index >= 15 is 0 Å². The van der Waals surface area contributed by atoms with E-state index in [-0.39, 0.29) is 5.56 Å². The smallest absolute Gasteiger partial charge is 0.319 e. The minimum Gasteiger partial charge on any atom is -0.398 e. The van der Waals surface area contributed by atoms with E-state index < -0.39 is 11.9 Å². The molecule has 0 heterocycles. The number of rotatable bonds is 1. The van der Waals surface area contributed by atoms with Crippen LogP contribution in [0.5, 0.6) is 0 Å². The third-order valence-corrected chi connectivity index (χ3v) is 1.71. The molecule has 0 aliphatic rings. The molecule has 0 aliphatic heterocycles. The number of imide groups is 1. The van der Waals surface area contributed by atoms with E-state index in [2.05, 4.69) is 5.92 Å². The zero-order chi connectivity index (χ0) is 11.4. The molecule has 0 aromatic heterocycles. The van der Waals surface area contributed by atoms with Crippen molar-refractivity contribution in [2.75, 3.05) is 5.73 Å². The molecule has 15 heavy (non-hydrogen) atoms. The maximum atomic E-state index is 11.3. The molecule has 5 nitrogen and oxygen atoms in total. The second kappa shape index (κ2) is 4.15. The van der Waals surface area contributed by atoms with Crippen molar-refractivity contribution >= 4 is 17.6 Å². The van der Waals surface area contributed by atoms with E-state index in [1.807, 2.05) is 5.32 Å². The monoisotopic (exact) mass is 203 g/mol. The zero-order valence-electron chi connectivity index (χ0n) is 7.78. The molecule has 1 rings (SSSR count). The van der Waals surface area contributed by atoms with Crippen LogP contribution >= 0.6 is 0 Å². The van der Waals surface area contributed by atoms with Gasteiger partial charge in [-0.1, -0.05) is 5.92 Å². The Morgan fingerprint density at radius 1 is 1.40 bits per heavy atom. The summed E-state index contributed by atoms with van der Waals surface area (Å²) < 4.78 is 0. The van der Waals surface area contributed by atoms with Crippen molar-refractivity contribution in [1.29, 1.82) is 0 Å². The minimum absolute atomic E-state index is 0.227. The SMILES string of the molecule is C#Cc1ccc(C(=O)NC(N)=O)cc1N. The number of carbonyl (C=O) groups is 2. The standard InChI is InChI=1S/C10H9N3O2/c1-2-6-3-4-7(5-8(6)11)9(14)13-10(12)15/h1,3-5H,11H2,(H3,12,13,14,15). The highest BCUT2D eigenvalue weighted by atomic mass is 16.2. The summed E-state index contributed by atoms with van der Waals surface area (Å²) in [4.78, 5) is 21.7. The minimum atomic E-state index is -0.917. The van der Waals surface area contributed by atoms with Crippen LogP contribution in [-0.4, -0.2) is 11.9 Å². The number of carbonyl (C=O) groups excluding carboxylic acids is 2. The Balaban J connectivity index is 2.98. The molecule has 0 unspecified atom stereocenters. The van der Waals surface area contributed by atoms with Crippen LogP contribution in [0.2, 0.25) is 0 Å². The number of amides is 3. The van der Waals surface area contributed by atoms with Gasteiger partial charge in [0.1, 0.15) is 0 Å². The second-order valence-electron chi connectivity index (χ2n) is 2.76. The van der Waals surface area contributed by atoms with Gasteiger partial charge in [0, 0.05) is 16.8 Å². The fourth-order valence-corrected chi connectivity index (χ4v) is 1.02. The van der Waals surface area contributed by atoms with Crippen molar-refractivity contribution in [1.82, 2.24) is 5.32 Å². The van der Waals surface area contributed by atoms with Crippen LogP contribution in [0.1, 0.15) is 15.9 Å². The average Bonchev–Trinajstić information content (AvgIpc) is 2.16. The summed E-state index contributed by atoms with van der Waals surface area (Å²) in [5.41, 5.74) is 11.4. The van der Waals surface area contributed by atoms with Gasteiger partial charge in [-0.25, -0.2) is 4.79 Å². The lowest BCUT2D eigenvalue weighted by Gasteiger charge is -2.03. The molecule has 0 saturated carbocycles. The van der Waals surface area contributed by atoms with Crippen molar-refractivity contribution in [3.63, 3.8) is 0 Å². The predicted molar refractivity (Wildman–Crippen MR) is 55.8 cm³/mol. The number of primary amides is 1. The van der Waals surface area contributed by atoms with Gasteiger partial charge in [-0.05, 0) is 18.2 Å². The largest absolute Gasteiger partial charge is 0.398 e. The van der Waals surface area contributed by atoms with Gasteiger partial charge in [-0.2, -0.15) is 0 Å². The number of terminal acetylenes is 1. The summed E-state index contributed by atoms with van der Waals surface area (Å²) in [5, 5.41) is 1.92. The van der Waals surface area contributed by atoms with Gasteiger partial charge in [0.25, 0.3) is 5.91 Å². The summed E-state index contributed by atoms with van der Waals surface area (Å²) >= 11 is 0. The average molecular weight is 203 g/mol. The fourth-order valence-electron chi connectivity index (χ4n) is 1.02. The van der Waals surface area contributed by atoms with Crippen molar-refractivity contribution in [2.24, 2.45) is 5.73 Å². The summed E-state index contributed by atoms with van der Waals surface area (Å²) in [7, 11) is 0. The number of urea groups is 1. The molecule has 0 bridgehead atoms. The normalized spacial score (nSPS) is 9.00. The van der Waals surface area contributed by atoms with Crippen LogP contribution in [-0.2, 0) is 0 Å². The summed E-state index contributed by atoms with van der Waals surface area (Å²) in [6, 6.07) is 3.45. The van der Waals surface area contributed by atoms with E-state index in [0.717, 1.165) is 0 Å². The van der Waals surface area contributed by atoms with Gasteiger partial charge < -0.3 is 11.5 Å². The lowest BCUT2D eigenvalue weighted by molar-refractivity contribution is 0.0966. The molecular weight excluding hydrogens is 194 g/mol. The summed E-state index contributed by atoms with van der Waals surface area (Å²) in [5.74, 6) is 1.74. The topological polar surface area (TPSA) is 98.2 Å². The highest BCUT2D eigenvalue weighted by Crippen LogP contribution is 2.12. The summed E-state index contributed by atoms with van der Waals surface area (Å²) in [6.45, 7) is 0. The van der Waals surface area contributed by atoms with E-state index in [1.54, 1.807) is 0 Å². The van der Waals surface area contributed by atoms with Crippen molar-refractivity contribution in [2.45, 2.75) is 0 Å². The van der Waals surface area contributed by atoms with Crippen LogP contribution in [0, 0.1) is 12.3 Å². The first-order chi connectivity index (χ1) is 7.04. The fraction of sp³-hybridized carbons (Fsp3) is 0. The first kappa shape index (κ1) is 10.6. The van der Waals surface area contributed by atoms with E-state index in [9.17, 15) is 9.59 Å². The molecule has 5 heteroatoms. The van der Waals surface area contributed by atoms with Crippen molar-refractivity contribution < 1.29 is 9.59 Å². The van der Waals surface area contributed by atoms with Crippen LogP contribution < -0.4 is 16.8 Å². The Labute approximate surface area is 86.4 Å². The number of nitrogen functional groups attached to an aromatic ring is 1. The Morgan fingerprint density at radius 3 is 2.53 bits per heavy atom. The van der Waals surface area contributed by atoms with Gasteiger partial charge >= 0.3 is 6.03 Å². The number of nitrogens with two attached hydrogens (primary N) is 2. The van der Waals surface area contributed by atoms with Crippen LogP contribution in [0.25, 0.3) is 0 Å². The number of hydrogen-bond donors (Lipinski definition) is 3. The highest BCUT2D eigenvalue weighted by Gasteiger charge is 2.08. The van der Waals surface area contributed by atoms with Crippen LogP contribution in [0.15, 0.2) is 18.2 Å². The second-order valence-corrected chi connectivity index (χ2v) is 2.76. The van der Waals surface area contributed by atoms with Gasteiger partial charge in [0.15, 0.2) is 0 Å². The maximum Gasteiger partial charge on any atom is 0.319 e. The Morgan fingerprint density at radius 2 is 2.07 bits per heavy atom. The molecule has 1 aromatic rings. The van der Waals surface area contributed by atoms with Gasteiger partial charge in [0.2, 0.25) is 0 Å². The van der Waals surface area contributed by atoms with E-state index in [0.29, 0.717) is 11.3 Å². The molecule has 1 aromatic carbocycles. The third kappa shape index (κ3) is 2.48. The lowest BCUT2D eigenvalue weighted by Crippen LogP contribution is -2.34. The third-order valence-electron chi connectivity index (χ3n) is 1.71. The molecule has 0 spiro atoms. The number of nitrogens with one attached hydrogen (secondary N) is 1. The van der Waals surface area contributed by atoms with Crippen molar-refractivity contribution in [3.05, 3.63) is 29.3 Å². The zero-order valence-corrected chi connectivity index (χ0v) is 7.78. The van der Waals surface area contributed by atoms with Gasteiger partial charge in [-0.15, -0.1) is 6.42 Å². The Kier molecular flexibility index (Phi) is 2.94. The molecular formula is C10H9N3O2. The van der Waals surface area contributed by atoms with E-state index in [1.165, 1.54) is 18.2 Å². The first-order valence-electron chi connectivity index (χ1n) is 4.01. The Hall–Kier alpha value is -2.48. The summed E-state index contributed by atoms with van der Waals surface area (Å²) in [6.07, 6.45) is 5.15. The molecule has 3 amide bonds.